The van der Waals surface area contributed by atoms with E-state index in [0.29, 0.717) is 39.4 Å². The van der Waals surface area contributed by atoms with Crippen molar-refractivity contribution < 1.29 is 19.1 Å². The highest BCUT2D eigenvalue weighted by molar-refractivity contribution is 7.17. The number of benzene rings is 1. The average molecular weight is 398 g/mol. The van der Waals surface area contributed by atoms with Gasteiger partial charge in [0.25, 0.3) is 11.8 Å². The third-order valence-electron chi connectivity index (χ3n) is 5.62. The van der Waals surface area contributed by atoms with Gasteiger partial charge in [-0.05, 0) is 31.0 Å². The smallest absolute Gasteiger partial charge is 0.264 e. The zero-order chi connectivity index (χ0) is 19.1. The number of para-hydroxylation sites is 1. The van der Waals surface area contributed by atoms with Gasteiger partial charge in [0.1, 0.15) is 18.5 Å². The van der Waals surface area contributed by atoms with Gasteiger partial charge in [-0.2, -0.15) is 0 Å². The highest BCUT2D eigenvalue weighted by Gasteiger charge is 2.32. The Labute approximate surface area is 167 Å². The van der Waals surface area contributed by atoms with Crippen molar-refractivity contribution in [2.45, 2.75) is 25.6 Å². The van der Waals surface area contributed by atoms with Crippen molar-refractivity contribution in [3.05, 3.63) is 40.8 Å². The van der Waals surface area contributed by atoms with Crippen molar-refractivity contribution in [2.75, 3.05) is 32.8 Å². The predicted molar refractivity (Wildman–Crippen MR) is 106 cm³/mol. The van der Waals surface area contributed by atoms with E-state index in [9.17, 15) is 9.59 Å². The van der Waals surface area contributed by atoms with Crippen LogP contribution in [-0.4, -0.2) is 60.5 Å². The Balaban J connectivity index is 1.27. The summed E-state index contributed by atoms with van der Waals surface area (Å²) in [6.07, 6.45) is 1.47. The van der Waals surface area contributed by atoms with E-state index in [0.717, 1.165) is 39.5 Å². The van der Waals surface area contributed by atoms with Gasteiger partial charge in [0.2, 0.25) is 0 Å². The molecular formula is C21H22N2O4S. The SMILES string of the molecule is O=C(c1cc2c(s1)-c1ccccc1OC2)N1CCN(C(=O)C2CCCO2)CC1. The summed E-state index contributed by atoms with van der Waals surface area (Å²) in [5.41, 5.74) is 2.12. The summed E-state index contributed by atoms with van der Waals surface area (Å²) in [7, 11) is 0. The van der Waals surface area contributed by atoms with Crippen LogP contribution in [0.4, 0.5) is 0 Å². The number of piperazine rings is 1. The van der Waals surface area contributed by atoms with E-state index in [2.05, 4.69) is 0 Å². The van der Waals surface area contributed by atoms with Gasteiger partial charge in [-0.25, -0.2) is 0 Å². The number of rotatable bonds is 2. The molecule has 1 aromatic heterocycles. The van der Waals surface area contributed by atoms with Crippen LogP contribution in [0, 0.1) is 0 Å². The largest absolute Gasteiger partial charge is 0.488 e. The summed E-state index contributed by atoms with van der Waals surface area (Å²) in [4.78, 5) is 31.1. The first-order chi connectivity index (χ1) is 13.7. The lowest BCUT2D eigenvalue weighted by molar-refractivity contribution is -0.142. The van der Waals surface area contributed by atoms with Crippen LogP contribution in [0.5, 0.6) is 5.75 Å². The highest BCUT2D eigenvalue weighted by Crippen LogP contribution is 2.42. The van der Waals surface area contributed by atoms with Gasteiger partial charge >= 0.3 is 0 Å². The molecule has 4 heterocycles. The molecule has 7 heteroatoms. The Kier molecular flexibility index (Phi) is 4.56. The van der Waals surface area contributed by atoms with E-state index in [4.69, 9.17) is 9.47 Å². The number of carbonyl (C=O) groups is 2. The average Bonchev–Trinajstić information content (AvgIpc) is 3.43. The fraction of sp³-hybridized carbons (Fsp3) is 0.429. The number of hydrogen-bond acceptors (Lipinski definition) is 5. The number of thiophene rings is 1. The molecule has 2 aromatic rings. The first kappa shape index (κ1) is 17.7. The third kappa shape index (κ3) is 3.08. The zero-order valence-corrected chi connectivity index (χ0v) is 16.4. The minimum Gasteiger partial charge on any atom is -0.488 e. The number of amides is 2. The summed E-state index contributed by atoms with van der Waals surface area (Å²) in [5.74, 6) is 0.989. The second kappa shape index (κ2) is 7.22. The first-order valence-electron chi connectivity index (χ1n) is 9.75. The number of hydrogen-bond donors (Lipinski definition) is 0. The normalized spacial score (nSPS) is 21.1. The van der Waals surface area contributed by atoms with Crippen molar-refractivity contribution in [1.82, 2.24) is 9.80 Å². The molecule has 0 spiro atoms. The molecule has 0 radical (unpaired) electrons. The second-order valence-corrected chi connectivity index (χ2v) is 8.42. The summed E-state index contributed by atoms with van der Waals surface area (Å²) in [6, 6.07) is 9.91. The van der Waals surface area contributed by atoms with E-state index >= 15 is 0 Å². The van der Waals surface area contributed by atoms with Crippen LogP contribution in [0.15, 0.2) is 30.3 Å². The van der Waals surface area contributed by atoms with E-state index in [1.165, 1.54) is 11.3 Å². The third-order valence-corrected chi connectivity index (χ3v) is 6.82. The fourth-order valence-corrected chi connectivity index (χ4v) is 5.23. The molecule has 0 aliphatic carbocycles. The summed E-state index contributed by atoms with van der Waals surface area (Å²) < 4.78 is 11.3. The van der Waals surface area contributed by atoms with Gasteiger partial charge < -0.3 is 19.3 Å². The van der Waals surface area contributed by atoms with Gasteiger partial charge in [-0.3, -0.25) is 9.59 Å². The van der Waals surface area contributed by atoms with Crippen molar-refractivity contribution in [3.63, 3.8) is 0 Å². The molecular weight excluding hydrogens is 376 g/mol. The van der Waals surface area contributed by atoms with Gasteiger partial charge in [0, 0.05) is 48.8 Å². The molecule has 0 bridgehead atoms. The highest BCUT2D eigenvalue weighted by atomic mass is 32.1. The Morgan fingerprint density at radius 3 is 2.64 bits per heavy atom. The molecule has 6 nitrogen and oxygen atoms in total. The number of carbonyl (C=O) groups excluding carboxylic acids is 2. The molecule has 0 saturated carbocycles. The second-order valence-electron chi connectivity index (χ2n) is 7.37. The molecule has 2 saturated heterocycles. The Hall–Kier alpha value is -2.38. The van der Waals surface area contributed by atoms with Crippen LogP contribution >= 0.6 is 11.3 Å². The van der Waals surface area contributed by atoms with Crippen LogP contribution in [0.3, 0.4) is 0 Å². The first-order valence-corrected chi connectivity index (χ1v) is 10.6. The molecule has 28 heavy (non-hydrogen) atoms. The standard InChI is InChI=1S/C21H22N2O4S/c24-20(17-6-3-11-26-17)22-7-9-23(10-8-22)21(25)18-12-14-13-27-16-5-2-1-4-15(16)19(14)28-18/h1-2,4-5,12,17H,3,6-11,13H2. The summed E-state index contributed by atoms with van der Waals surface area (Å²) in [5, 5.41) is 0. The molecule has 3 aliphatic heterocycles. The fourth-order valence-electron chi connectivity index (χ4n) is 4.07. The van der Waals surface area contributed by atoms with Crippen LogP contribution in [0.1, 0.15) is 28.1 Å². The maximum absolute atomic E-state index is 13.0. The summed E-state index contributed by atoms with van der Waals surface area (Å²) in [6.45, 7) is 3.44. The van der Waals surface area contributed by atoms with Gasteiger partial charge in [0.15, 0.2) is 0 Å². The summed E-state index contributed by atoms with van der Waals surface area (Å²) >= 11 is 1.54. The molecule has 146 valence electrons. The topological polar surface area (TPSA) is 59.1 Å². The minimum atomic E-state index is -0.286. The lowest BCUT2D eigenvalue weighted by Gasteiger charge is -2.35. The van der Waals surface area contributed by atoms with E-state index in [1.807, 2.05) is 40.1 Å². The Bertz CT molecular complexity index is 911. The quantitative estimate of drug-likeness (QED) is 0.781. The van der Waals surface area contributed by atoms with Crippen molar-refractivity contribution in [1.29, 1.82) is 0 Å². The predicted octanol–water partition coefficient (Wildman–Crippen LogP) is 2.77. The molecule has 2 fully saturated rings. The molecule has 1 atom stereocenters. The zero-order valence-electron chi connectivity index (χ0n) is 15.6. The molecule has 1 aromatic carbocycles. The molecule has 5 rings (SSSR count). The number of nitrogens with zero attached hydrogens (tertiary/aromatic N) is 2. The van der Waals surface area contributed by atoms with Crippen LogP contribution in [0.2, 0.25) is 0 Å². The molecule has 0 N–H and O–H groups in total. The van der Waals surface area contributed by atoms with Gasteiger partial charge in [-0.1, -0.05) is 12.1 Å². The van der Waals surface area contributed by atoms with Crippen molar-refractivity contribution in [3.8, 4) is 16.2 Å². The Morgan fingerprint density at radius 1 is 1.07 bits per heavy atom. The molecule has 1 unspecified atom stereocenters. The lowest BCUT2D eigenvalue weighted by Crippen LogP contribution is -2.52. The van der Waals surface area contributed by atoms with Gasteiger partial charge in [-0.15, -0.1) is 11.3 Å². The van der Waals surface area contributed by atoms with E-state index < -0.39 is 0 Å². The van der Waals surface area contributed by atoms with Crippen molar-refractivity contribution >= 4 is 23.2 Å². The molecule has 2 amide bonds. The van der Waals surface area contributed by atoms with E-state index in [-0.39, 0.29) is 17.9 Å². The molecule has 3 aliphatic rings. The van der Waals surface area contributed by atoms with Gasteiger partial charge in [0.05, 0.1) is 4.88 Å². The number of fused-ring (bicyclic) bond motifs is 3. The van der Waals surface area contributed by atoms with Crippen LogP contribution in [0.25, 0.3) is 10.4 Å². The monoisotopic (exact) mass is 398 g/mol. The minimum absolute atomic E-state index is 0.0427. The maximum atomic E-state index is 13.0. The Morgan fingerprint density at radius 2 is 1.86 bits per heavy atom. The lowest BCUT2D eigenvalue weighted by atomic mass is 10.1. The van der Waals surface area contributed by atoms with Crippen LogP contribution in [-0.2, 0) is 16.1 Å². The maximum Gasteiger partial charge on any atom is 0.264 e. The van der Waals surface area contributed by atoms with Crippen molar-refractivity contribution in [2.24, 2.45) is 0 Å². The number of ether oxygens (including phenoxy) is 2. The van der Waals surface area contributed by atoms with Crippen LogP contribution < -0.4 is 4.74 Å². The van der Waals surface area contributed by atoms with E-state index in [1.54, 1.807) is 0 Å².